The summed E-state index contributed by atoms with van der Waals surface area (Å²) >= 11 is 1.64. The fraction of sp³-hybridized carbons (Fsp3) is 0.500. The summed E-state index contributed by atoms with van der Waals surface area (Å²) in [6, 6.07) is 4.03. The molecule has 1 aliphatic heterocycles. The maximum Gasteiger partial charge on any atom is 0.312 e. The number of hydrogen-bond acceptors (Lipinski definition) is 3. The van der Waals surface area contributed by atoms with Crippen molar-refractivity contribution in [3.63, 3.8) is 0 Å². The molecule has 6 heteroatoms. The molecule has 2 aromatic rings. The van der Waals surface area contributed by atoms with E-state index in [9.17, 15) is 14.7 Å². The molecule has 2 aromatic heterocycles. The Bertz CT molecular complexity index is 766. The van der Waals surface area contributed by atoms with E-state index >= 15 is 0 Å². The Hall–Kier alpha value is -1.82. The number of carboxylic acids is 1. The Balaban J connectivity index is 1.62. The van der Waals surface area contributed by atoms with Crippen molar-refractivity contribution >= 4 is 33.4 Å². The first kappa shape index (κ1) is 13.8. The summed E-state index contributed by atoms with van der Waals surface area (Å²) in [6.07, 6.45) is 2.47. The molecule has 5 nitrogen and oxygen atoms in total. The summed E-state index contributed by atoms with van der Waals surface area (Å²) in [5.74, 6) is -0.184. The molecule has 0 bridgehead atoms. The molecular formula is C16H18N2O3S. The van der Waals surface area contributed by atoms with E-state index in [0.717, 1.165) is 16.8 Å². The fourth-order valence-corrected chi connectivity index (χ4v) is 3.97. The predicted octanol–water partition coefficient (Wildman–Crippen LogP) is 2.66. The molecule has 1 amide bonds. The summed E-state index contributed by atoms with van der Waals surface area (Å²) in [6.45, 7) is 3.18. The lowest BCUT2D eigenvalue weighted by molar-refractivity contribution is -0.155. The van der Waals surface area contributed by atoms with E-state index in [2.05, 4.69) is 10.6 Å². The lowest BCUT2D eigenvalue weighted by atomic mass is 9.82. The minimum atomic E-state index is -0.828. The van der Waals surface area contributed by atoms with Gasteiger partial charge in [0, 0.05) is 19.6 Å². The van der Waals surface area contributed by atoms with E-state index in [1.807, 2.05) is 11.4 Å². The Morgan fingerprint density at radius 2 is 2.14 bits per heavy atom. The van der Waals surface area contributed by atoms with Gasteiger partial charge in [-0.25, -0.2) is 0 Å². The first-order chi connectivity index (χ1) is 10.5. The topological polar surface area (TPSA) is 62.5 Å². The number of thiophene rings is 1. The number of carbonyl (C=O) groups excluding carboxylic acids is 1. The molecule has 1 saturated heterocycles. The average molecular weight is 318 g/mol. The molecule has 0 unspecified atom stereocenters. The van der Waals surface area contributed by atoms with E-state index in [0.29, 0.717) is 24.7 Å². The van der Waals surface area contributed by atoms with E-state index in [1.165, 1.54) is 12.8 Å². The maximum absolute atomic E-state index is 12.7. The Labute approximate surface area is 132 Å². The standard InChI is InChI=1S/C16H18N2O3S/c1-16(15(20)21)8-17(9-16)14(19)12-6-13-11(4-5-22-13)18(12)7-10-2-3-10/h4-6,10H,2-3,7-9H2,1H3,(H,20,21). The molecule has 4 rings (SSSR count). The zero-order valence-corrected chi connectivity index (χ0v) is 13.2. The smallest absolute Gasteiger partial charge is 0.312 e. The maximum atomic E-state index is 12.7. The third-order valence-corrected chi connectivity index (χ3v) is 5.62. The number of aromatic nitrogens is 1. The molecular weight excluding hydrogens is 300 g/mol. The van der Waals surface area contributed by atoms with Crippen molar-refractivity contribution in [2.45, 2.75) is 26.3 Å². The monoisotopic (exact) mass is 318 g/mol. The number of rotatable bonds is 4. The van der Waals surface area contributed by atoms with Crippen LogP contribution in [0, 0.1) is 11.3 Å². The van der Waals surface area contributed by atoms with Gasteiger partial charge in [0.25, 0.3) is 5.91 Å². The van der Waals surface area contributed by atoms with Gasteiger partial charge < -0.3 is 14.6 Å². The van der Waals surface area contributed by atoms with Gasteiger partial charge in [-0.15, -0.1) is 11.3 Å². The van der Waals surface area contributed by atoms with Crippen LogP contribution in [0.2, 0.25) is 0 Å². The van der Waals surface area contributed by atoms with Gasteiger partial charge in [0.2, 0.25) is 0 Å². The van der Waals surface area contributed by atoms with Gasteiger partial charge in [-0.05, 0) is 43.2 Å². The van der Waals surface area contributed by atoms with Crippen LogP contribution in [0.1, 0.15) is 30.3 Å². The molecule has 1 saturated carbocycles. The molecule has 3 heterocycles. The third kappa shape index (κ3) is 2.05. The molecule has 0 spiro atoms. The number of hydrogen-bond donors (Lipinski definition) is 1. The molecule has 0 aromatic carbocycles. The van der Waals surface area contributed by atoms with E-state index in [-0.39, 0.29) is 5.91 Å². The van der Waals surface area contributed by atoms with Crippen LogP contribution in [0.5, 0.6) is 0 Å². The van der Waals surface area contributed by atoms with Crippen LogP contribution in [0.15, 0.2) is 17.5 Å². The van der Waals surface area contributed by atoms with Gasteiger partial charge in [0.15, 0.2) is 0 Å². The van der Waals surface area contributed by atoms with Crippen LogP contribution in [0.25, 0.3) is 10.2 Å². The van der Waals surface area contributed by atoms with Crippen molar-refractivity contribution in [1.29, 1.82) is 0 Å². The Morgan fingerprint density at radius 3 is 2.77 bits per heavy atom. The van der Waals surface area contributed by atoms with Crippen LogP contribution in [0.4, 0.5) is 0 Å². The number of nitrogens with zero attached hydrogens (tertiary/aromatic N) is 2. The molecule has 116 valence electrons. The molecule has 1 N–H and O–H groups in total. The molecule has 0 atom stereocenters. The Morgan fingerprint density at radius 1 is 1.41 bits per heavy atom. The largest absolute Gasteiger partial charge is 0.481 e. The summed E-state index contributed by atoms with van der Waals surface area (Å²) in [4.78, 5) is 25.6. The normalized spacial score (nSPS) is 20.1. The number of aliphatic carboxylic acids is 1. The highest BCUT2D eigenvalue weighted by molar-refractivity contribution is 7.17. The van der Waals surface area contributed by atoms with Gasteiger partial charge in [-0.1, -0.05) is 0 Å². The number of amides is 1. The fourth-order valence-electron chi connectivity index (χ4n) is 3.15. The predicted molar refractivity (Wildman–Crippen MR) is 84.2 cm³/mol. The lowest BCUT2D eigenvalue weighted by Gasteiger charge is -2.44. The minimum absolute atomic E-state index is 0.0391. The lowest BCUT2D eigenvalue weighted by Crippen LogP contribution is -2.60. The van der Waals surface area contributed by atoms with Crippen molar-refractivity contribution in [2.75, 3.05) is 13.1 Å². The van der Waals surface area contributed by atoms with E-state index in [4.69, 9.17) is 0 Å². The second kappa shape index (κ2) is 4.59. The van der Waals surface area contributed by atoms with Crippen LogP contribution in [-0.4, -0.2) is 39.5 Å². The second-order valence-electron chi connectivity index (χ2n) is 6.78. The molecule has 22 heavy (non-hydrogen) atoms. The van der Waals surface area contributed by atoms with Crippen molar-refractivity contribution in [3.05, 3.63) is 23.2 Å². The van der Waals surface area contributed by atoms with Crippen LogP contribution in [0.3, 0.4) is 0 Å². The summed E-state index contributed by atoms with van der Waals surface area (Å²) in [7, 11) is 0. The Kier molecular flexibility index (Phi) is 2.88. The third-order valence-electron chi connectivity index (χ3n) is 4.76. The van der Waals surface area contributed by atoms with Crippen LogP contribution < -0.4 is 0 Å². The number of carboxylic acid groups (broad SMARTS) is 1. The van der Waals surface area contributed by atoms with E-state index in [1.54, 1.807) is 23.2 Å². The SMILES string of the molecule is CC1(C(=O)O)CN(C(=O)c2cc3sccc3n2CC2CC2)C1. The first-order valence-corrected chi connectivity index (χ1v) is 8.45. The van der Waals surface area contributed by atoms with Gasteiger partial charge >= 0.3 is 5.97 Å². The molecule has 0 radical (unpaired) electrons. The number of likely N-dealkylation sites (tertiary alicyclic amines) is 1. The van der Waals surface area contributed by atoms with Crippen LogP contribution in [-0.2, 0) is 11.3 Å². The van der Waals surface area contributed by atoms with Gasteiger partial charge in [-0.3, -0.25) is 9.59 Å². The van der Waals surface area contributed by atoms with Crippen LogP contribution >= 0.6 is 11.3 Å². The van der Waals surface area contributed by atoms with E-state index < -0.39 is 11.4 Å². The second-order valence-corrected chi connectivity index (χ2v) is 7.73. The highest BCUT2D eigenvalue weighted by Crippen LogP contribution is 2.36. The highest BCUT2D eigenvalue weighted by atomic mass is 32.1. The average Bonchev–Trinajstić information content (AvgIpc) is 3.02. The van der Waals surface area contributed by atoms with Gasteiger partial charge in [0.1, 0.15) is 11.1 Å². The van der Waals surface area contributed by atoms with Crippen molar-refractivity contribution in [2.24, 2.45) is 11.3 Å². The van der Waals surface area contributed by atoms with Crippen molar-refractivity contribution in [1.82, 2.24) is 9.47 Å². The first-order valence-electron chi connectivity index (χ1n) is 7.57. The molecule has 1 aliphatic carbocycles. The van der Waals surface area contributed by atoms with Gasteiger partial charge in [0.05, 0.1) is 10.2 Å². The van der Waals surface area contributed by atoms with Crippen molar-refractivity contribution in [3.8, 4) is 0 Å². The van der Waals surface area contributed by atoms with Gasteiger partial charge in [-0.2, -0.15) is 0 Å². The number of carbonyl (C=O) groups is 2. The summed E-state index contributed by atoms with van der Waals surface area (Å²) < 4.78 is 3.26. The molecule has 2 aliphatic rings. The zero-order valence-electron chi connectivity index (χ0n) is 12.4. The highest BCUT2D eigenvalue weighted by Gasteiger charge is 2.48. The molecule has 2 fully saturated rings. The van der Waals surface area contributed by atoms with Crippen molar-refractivity contribution < 1.29 is 14.7 Å². The zero-order chi connectivity index (χ0) is 15.5. The quantitative estimate of drug-likeness (QED) is 0.942. The summed E-state index contributed by atoms with van der Waals surface area (Å²) in [5, 5.41) is 11.2. The summed E-state index contributed by atoms with van der Waals surface area (Å²) in [5.41, 5.74) is 1.05. The minimum Gasteiger partial charge on any atom is -0.481 e. The number of fused-ring (bicyclic) bond motifs is 1.